The molecule has 1 aromatic rings. The molecule has 3 N–H and O–H groups in total. The summed E-state index contributed by atoms with van der Waals surface area (Å²) >= 11 is 0. The van der Waals surface area contributed by atoms with Crippen molar-refractivity contribution in [3.63, 3.8) is 0 Å². The van der Waals surface area contributed by atoms with E-state index in [2.05, 4.69) is 0 Å². The molecule has 0 unspecified atom stereocenters. The Bertz CT molecular complexity index is 342. The largest absolute Gasteiger partial charge is 0.430 e. The summed E-state index contributed by atoms with van der Waals surface area (Å²) in [6, 6.07) is 4.36. The Morgan fingerprint density at radius 3 is 1.41 bits per heavy atom. The van der Waals surface area contributed by atoms with Crippen molar-refractivity contribution in [3.8, 4) is 0 Å². The zero-order valence-corrected chi connectivity index (χ0v) is 8.10. The van der Waals surface area contributed by atoms with Crippen LogP contribution < -0.4 is 0 Å². The molecule has 0 aliphatic heterocycles. The van der Waals surface area contributed by atoms with Crippen LogP contribution in [0.2, 0.25) is 0 Å². The van der Waals surface area contributed by atoms with Crippen molar-refractivity contribution in [1.29, 1.82) is 0 Å². The smallest absolute Gasteiger partial charge is 0.412 e. The second-order valence-corrected chi connectivity index (χ2v) is 3.07. The summed E-state index contributed by atoms with van der Waals surface area (Å²) in [7, 11) is 0. The van der Waals surface area contributed by atoms with E-state index in [9.17, 15) is 26.3 Å². The van der Waals surface area contributed by atoms with Crippen LogP contribution in [0.25, 0.3) is 0 Å². The lowest BCUT2D eigenvalue weighted by Crippen LogP contribution is -2.53. The van der Waals surface area contributed by atoms with E-state index < -0.39 is 23.5 Å². The minimum absolute atomic E-state index is 0. The Labute approximate surface area is 91.8 Å². The summed E-state index contributed by atoms with van der Waals surface area (Å²) in [5.74, 6) is 0. The highest BCUT2D eigenvalue weighted by molar-refractivity contribution is 5.26. The number of benzene rings is 1. The van der Waals surface area contributed by atoms with Crippen molar-refractivity contribution >= 4 is 0 Å². The molecule has 0 bridgehead atoms. The van der Waals surface area contributed by atoms with Crippen molar-refractivity contribution in [3.05, 3.63) is 35.9 Å². The first kappa shape index (κ1) is 15.7. The second-order valence-electron chi connectivity index (χ2n) is 3.07. The molecule has 0 radical (unpaired) electrons. The summed E-state index contributed by atoms with van der Waals surface area (Å²) in [5.41, 5.74) is -6.09. The summed E-state index contributed by atoms with van der Waals surface area (Å²) in [6.07, 6.45) is -11.7. The van der Waals surface area contributed by atoms with Crippen molar-refractivity contribution < 1.29 is 36.9 Å². The molecular formula is C9H8F6O2. The number of rotatable bonds is 1. The normalized spacial score (nSPS) is 13.1. The molecule has 0 aliphatic rings. The van der Waals surface area contributed by atoms with Crippen LogP contribution in [0.4, 0.5) is 26.3 Å². The van der Waals surface area contributed by atoms with Gasteiger partial charge in [0.05, 0.1) is 0 Å². The zero-order valence-electron chi connectivity index (χ0n) is 8.10. The zero-order chi connectivity index (χ0) is 12.6. The monoisotopic (exact) mass is 262 g/mol. The predicted octanol–water partition coefficient (Wildman–Crippen LogP) is 2.17. The number of hydrogen-bond acceptors (Lipinski definition) is 1. The Balaban J connectivity index is 0.00000256. The van der Waals surface area contributed by atoms with Gasteiger partial charge in [0.2, 0.25) is 0 Å². The topological polar surface area (TPSA) is 51.7 Å². The quantitative estimate of drug-likeness (QED) is 0.775. The first-order chi connectivity index (χ1) is 7.11. The van der Waals surface area contributed by atoms with Gasteiger partial charge in [0, 0.05) is 5.56 Å². The molecule has 0 saturated carbocycles. The fourth-order valence-electron chi connectivity index (χ4n) is 1.17. The van der Waals surface area contributed by atoms with Crippen LogP contribution in [0.3, 0.4) is 0 Å². The summed E-state index contributed by atoms with van der Waals surface area (Å²) < 4.78 is 73.9. The van der Waals surface area contributed by atoms with Crippen LogP contribution in [-0.2, 0) is 5.60 Å². The van der Waals surface area contributed by atoms with E-state index in [0.717, 1.165) is 12.1 Å². The minimum Gasteiger partial charge on any atom is -0.412 e. The highest BCUT2D eigenvalue weighted by atomic mass is 19.4. The van der Waals surface area contributed by atoms with Gasteiger partial charge in [0.25, 0.3) is 5.60 Å². The Kier molecular flexibility index (Phi) is 4.19. The van der Waals surface area contributed by atoms with Crippen LogP contribution in [-0.4, -0.2) is 22.9 Å². The number of alkyl halides is 6. The van der Waals surface area contributed by atoms with Gasteiger partial charge in [0.1, 0.15) is 0 Å². The maximum atomic E-state index is 12.3. The van der Waals surface area contributed by atoms with E-state index in [-0.39, 0.29) is 5.48 Å². The lowest BCUT2D eigenvalue weighted by atomic mass is 9.92. The highest BCUT2D eigenvalue weighted by Crippen LogP contribution is 2.49. The van der Waals surface area contributed by atoms with Crippen LogP contribution in [0.1, 0.15) is 5.56 Å². The molecule has 0 fully saturated rings. The molecule has 8 heteroatoms. The van der Waals surface area contributed by atoms with Crippen molar-refractivity contribution in [1.82, 2.24) is 0 Å². The second kappa shape index (κ2) is 4.53. The first-order valence-electron chi connectivity index (χ1n) is 4.02. The third kappa shape index (κ3) is 2.52. The average molecular weight is 262 g/mol. The van der Waals surface area contributed by atoms with Gasteiger partial charge in [-0.2, -0.15) is 26.3 Å². The van der Waals surface area contributed by atoms with E-state index in [4.69, 9.17) is 5.11 Å². The van der Waals surface area contributed by atoms with Crippen molar-refractivity contribution in [2.75, 3.05) is 0 Å². The third-order valence-corrected chi connectivity index (χ3v) is 2.01. The average Bonchev–Trinajstić information content (AvgIpc) is 2.14. The maximum absolute atomic E-state index is 12.3. The highest BCUT2D eigenvalue weighted by Gasteiger charge is 2.71. The van der Waals surface area contributed by atoms with Gasteiger partial charge < -0.3 is 10.6 Å². The molecule has 1 rings (SSSR count). The van der Waals surface area contributed by atoms with Gasteiger partial charge in [-0.25, -0.2) is 0 Å². The van der Waals surface area contributed by atoms with Gasteiger partial charge in [-0.05, 0) is 0 Å². The molecule has 98 valence electrons. The molecule has 0 heterocycles. The van der Waals surface area contributed by atoms with E-state index in [1.807, 2.05) is 0 Å². The SMILES string of the molecule is O.OC(c1ccccc1)(C(F)(F)F)C(F)(F)F. The lowest BCUT2D eigenvalue weighted by Gasteiger charge is -2.32. The Hall–Kier alpha value is -1.28. The molecule has 17 heavy (non-hydrogen) atoms. The molecule has 0 saturated heterocycles. The van der Waals surface area contributed by atoms with E-state index >= 15 is 0 Å². The molecule has 0 spiro atoms. The third-order valence-electron chi connectivity index (χ3n) is 2.01. The number of halogens is 6. The van der Waals surface area contributed by atoms with E-state index in [1.165, 1.54) is 6.07 Å². The van der Waals surface area contributed by atoms with Crippen molar-refractivity contribution in [2.24, 2.45) is 0 Å². The van der Waals surface area contributed by atoms with Crippen molar-refractivity contribution in [2.45, 2.75) is 18.0 Å². The van der Waals surface area contributed by atoms with E-state index in [0.29, 0.717) is 12.1 Å². The van der Waals surface area contributed by atoms with Gasteiger partial charge in [-0.15, -0.1) is 0 Å². The van der Waals surface area contributed by atoms with Gasteiger partial charge >= 0.3 is 12.4 Å². The van der Waals surface area contributed by atoms with Gasteiger partial charge in [-0.1, -0.05) is 30.3 Å². The molecular weight excluding hydrogens is 254 g/mol. The van der Waals surface area contributed by atoms with Crippen LogP contribution in [0, 0.1) is 0 Å². The summed E-state index contributed by atoms with van der Waals surface area (Å²) in [6.45, 7) is 0. The van der Waals surface area contributed by atoms with Crippen LogP contribution in [0.15, 0.2) is 30.3 Å². The summed E-state index contributed by atoms with van der Waals surface area (Å²) in [5, 5.41) is 8.91. The molecule has 0 amide bonds. The predicted molar refractivity (Wildman–Crippen MR) is 46.1 cm³/mol. The Morgan fingerprint density at radius 2 is 1.12 bits per heavy atom. The molecule has 0 aromatic heterocycles. The molecule has 0 atom stereocenters. The fraction of sp³-hybridized carbons (Fsp3) is 0.333. The fourth-order valence-corrected chi connectivity index (χ4v) is 1.17. The van der Waals surface area contributed by atoms with Crippen LogP contribution >= 0.6 is 0 Å². The number of hydrogen-bond donors (Lipinski definition) is 1. The maximum Gasteiger partial charge on any atom is 0.430 e. The minimum atomic E-state index is -5.83. The molecule has 1 aromatic carbocycles. The van der Waals surface area contributed by atoms with Gasteiger partial charge in [0.15, 0.2) is 0 Å². The summed E-state index contributed by atoms with van der Waals surface area (Å²) in [4.78, 5) is 0. The number of aliphatic hydroxyl groups is 1. The molecule has 2 nitrogen and oxygen atoms in total. The van der Waals surface area contributed by atoms with E-state index in [1.54, 1.807) is 0 Å². The lowest BCUT2D eigenvalue weighted by molar-refractivity contribution is -0.376. The first-order valence-corrected chi connectivity index (χ1v) is 4.02. The standard InChI is InChI=1S/C9H6F6O.H2O/c10-8(11,12)7(16,9(13,14)15)6-4-2-1-3-5-6;/h1-5,16H;1H2. The van der Waals surface area contributed by atoms with Gasteiger partial charge in [-0.3, -0.25) is 0 Å². The Morgan fingerprint density at radius 1 is 0.765 bits per heavy atom. The van der Waals surface area contributed by atoms with Crippen LogP contribution in [0.5, 0.6) is 0 Å². The molecule has 0 aliphatic carbocycles.